The molecule has 5 nitrogen and oxygen atoms in total. The Morgan fingerprint density at radius 3 is 2.73 bits per heavy atom. The van der Waals surface area contributed by atoms with Crippen LogP contribution in [-0.2, 0) is 9.59 Å². The second kappa shape index (κ2) is 8.36. The molecule has 3 amide bonds. The Bertz CT molecular complexity index is 758. The Morgan fingerprint density at radius 2 is 2.00 bits per heavy atom. The van der Waals surface area contributed by atoms with Crippen LogP contribution in [0, 0.1) is 0 Å². The number of hydrogen-bond acceptors (Lipinski definition) is 4. The summed E-state index contributed by atoms with van der Waals surface area (Å²) in [6, 6.07) is 9.87. The average molecular weight is 370 g/mol. The highest BCUT2D eigenvalue weighted by Gasteiger charge is 2.37. The van der Waals surface area contributed by atoms with E-state index in [9.17, 15) is 14.4 Å². The summed E-state index contributed by atoms with van der Waals surface area (Å²) in [5.74, 6) is -0.545. The normalized spacial score (nSPS) is 22.7. The van der Waals surface area contributed by atoms with Gasteiger partial charge in [0.1, 0.15) is 6.54 Å². The van der Waals surface area contributed by atoms with Crippen LogP contribution in [0.5, 0.6) is 0 Å². The number of carbonyl (C=O) groups excluding carboxylic acids is 3. The first-order valence-corrected chi connectivity index (χ1v) is 9.64. The number of allylic oxidation sites excluding steroid dienone is 2. The van der Waals surface area contributed by atoms with E-state index in [1.807, 2.05) is 43.3 Å². The minimum atomic E-state index is -0.393. The van der Waals surface area contributed by atoms with E-state index in [1.165, 1.54) is 0 Å². The Labute approximate surface area is 157 Å². The Kier molecular flexibility index (Phi) is 5.93. The molecule has 0 saturated carbocycles. The van der Waals surface area contributed by atoms with Gasteiger partial charge >= 0.3 is 0 Å². The quantitative estimate of drug-likeness (QED) is 0.759. The number of thioether (sulfide) groups is 1. The van der Waals surface area contributed by atoms with E-state index in [0.717, 1.165) is 41.5 Å². The van der Waals surface area contributed by atoms with E-state index >= 15 is 0 Å². The molecule has 2 saturated heterocycles. The van der Waals surface area contributed by atoms with Crippen molar-refractivity contribution in [2.45, 2.75) is 32.2 Å². The van der Waals surface area contributed by atoms with E-state index in [4.69, 9.17) is 0 Å². The first-order chi connectivity index (χ1) is 12.6. The standard InChI is InChI=1S/C20H22N2O3S/c1-15-8-5-6-13-21(15)18(23)14-22-19(24)17(26-20(22)25)12-7-11-16-9-3-2-4-10-16/h2-4,7,9-12,15H,5-6,8,13-14H2,1H3/b11-7+,17-12-/t15-/m1/s1. The van der Waals surface area contributed by atoms with Gasteiger partial charge in [-0.15, -0.1) is 0 Å². The molecule has 0 radical (unpaired) electrons. The number of rotatable bonds is 4. The Balaban J connectivity index is 1.64. The summed E-state index contributed by atoms with van der Waals surface area (Å²) in [4.78, 5) is 40.3. The first-order valence-electron chi connectivity index (χ1n) is 8.83. The average Bonchev–Trinajstić information content (AvgIpc) is 2.90. The molecule has 0 bridgehead atoms. The second-order valence-corrected chi connectivity index (χ2v) is 7.49. The van der Waals surface area contributed by atoms with Gasteiger partial charge in [-0.05, 0) is 49.6 Å². The van der Waals surface area contributed by atoms with Gasteiger partial charge in [0, 0.05) is 12.6 Å². The minimum absolute atomic E-state index is 0.152. The lowest BCUT2D eigenvalue weighted by Gasteiger charge is -2.34. The van der Waals surface area contributed by atoms with Crippen LogP contribution in [0.3, 0.4) is 0 Å². The Morgan fingerprint density at radius 1 is 1.23 bits per heavy atom. The number of benzene rings is 1. The van der Waals surface area contributed by atoms with Crippen molar-refractivity contribution < 1.29 is 14.4 Å². The zero-order valence-corrected chi connectivity index (χ0v) is 15.6. The molecule has 136 valence electrons. The molecule has 0 aliphatic carbocycles. The van der Waals surface area contributed by atoms with Crippen LogP contribution < -0.4 is 0 Å². The number of carbonyl (C=O) groups is 3. The molecule has 2 heterocycles. The molecule has 26 heavy (non-hydrogen) atoms. The summed E-state index contributed by atoms with van der Waals surface area (Å²) in [5, 5.41) is -0.382. The van der Waals surface area contributed by atoms with E-state index in [0.29, 0.717) is 11.4 Å². The molecule has 2 aliphatic rings. The lowest BCUT2D eigenvalue weighted by Crippen LogP contribution is -2.47. The van der Waals surface area contributed by atoms with Crippen LogP contribution in [0.15, 0.2) is 47.4 Å². The SMILES string of the molecule is C[C@@H]1CCCCN1C(=O)CN1C(=O)S/C(=C\C=C\c2ccccc2)C1=O. The van der Waals surface area contributed by atoms with Crippen LogP contribution in [-0.4, -0.2) is 46.0 Å². The predicted octanol–water partition coefficient (Wildman–Crippen LogP) is 3.68. The van der Waals surface area contributed by atoms with Gasteiger partial charge in [0.15, 0.2) is 0 Å². The first kappa shape index (κ1) is 18.5. The molecule has 0 aromatic heterocycles. The molecule has 1 atom stereocenters. The van der Waals surface area contributed by atoms with Crippen molar-refractivity contribution in [1.82, 2.24) is 9.80 Å². The van der Waals surface area contributed by atoms with E-state index in [2.05, 4.69) is 0 Å². The third kappa shape index (κ3) is 4.25. The smallest absolute Gasteiger partial charge is 0.294 e. The van der Waals surface area contributed by atoms with Crippen molar-refractivity contribution in [2.24, 2.45) is 0 Å². The lowest BCUT2D eigenvalue weighted by atomic mass is 10.0. The van der Waals surface area contributed by atoms with Crippen molar-refractivity contribution in [1.29, 1.82) is 0 Å². The van der Waals surface area contributed by atoms with Crippen LogP contribution in [0.25, 0.3) is 6.08 Å². The maximum atomic E-state index is 12.5. The van der Waals surface area contributed by atoms with Gasteiger partial charge < -0.3 is 4.90 Å². The monoisotopic (exact) mass is 370 g/mol. The highest BCUT2D eigenvalue weighted by molar-refractivity contribution is 8.18. The fourth-order valence-electron chi connectivity index (χ4n) is 3.16. The van der Waals surface area contributed by atoms with Gasteiger partial charge in [-0.3, -0.25) is 19.3 Å². The van der Waals surface area contributed by atoms with Gasteiger partial charge in [0.2, 0.25) is 5.91 Å². The van der Waals surface area contributed by atoms with Crippen LogP contribution in [0.4, 0.5) is 4.79 Å². The van der Waals surface area contributed by atoms with Gasteiger partial charge in [-0.25, -0.2) is 0 Å². The Hall–Kier alpha value is -2.34. The maximum absolute atomic E-state index is 12.5. The highest BCUT2D eigenvalue weighted by atomic mass is 32.2. The van der Waals surface area contributed by atoms with Crippen molar-refractivity contribution in [2.75, 3.05) is 13.1 Å². The third-order valence-corrected chi connectivity index (χ3v) is 5.55. The highest BCUT2D eigenvalue weighted by Crippen LogP contribution is 2.31. The van der Waals surface area contributed by atoms with Gasteiger partial charge in [-0.2, -0.15) is 0 Å². The number of hydrogen-bond donors (Lipinski definition) is 0. The summed E-state index contributed by atoms with van der Waals surface area (Å²) in [6.07, 6.45) is 8.31. The molecular formula is C20H22N2O3S. The molecule has 1 aromatic rings. The van der Waals surface area contributed by atoms with Crippen LogP contribution in [0.2, 0.25) is 0 Å². The summed E-state index contributed by atoms with van der Waals surface area (Å²) in [7, 11) is 0. The summed E-state index contributed by atoms with van der Waals surface area (Å²) in [6.45, 7) is 2.54. The maximum Gasteiger partial charge on any atom is 0.294 e. The zero-order chi connectivity index (χ0) is 18.5. The summed E-state index contributed by atoms with van der Waals surface area (Å²) < 4.78 is 0. The lowest BCUT2D eigenvalue weighted by molar-refractivity contribution is -0.138. The minimum Gasteiger partial charge on any atom is -0.338 e. The van der Waals surface area contributed by atoms with Gasteiger partial charge in [0.25, 0.3) is 11.1 Å². The molecule has 6 heteroatoms. The molecule has 2 fully saturated rings. The van der Waals surface area contributed by atoms with Crippen LogP contribution in [0.1, 0.15) is 31.7 Å². The number of amides is 3. The fourth-order valence-corrected chi connectivity index (χ4v) is 3.95. The molecule has 1 aromatic carbocycles. The van der Waals surface area contributed by atoms with Gasteiger partial charge in [-0.1, -0.05) is 42.5 Å². The molecule has 0 unspecified atom stereocenters. The number of nitrogens with zero attached hydrogens (tertiary/aromatic N) is 2. The largest absolute Gasteiger partial charge is 0.338 e. The topological polar surface area (TPSA) is 57.7 Å². The van der Waals surface area contributed by atoms with E-state index in [1.54, 1.807) is 17.1 Å². The zero-order valence-electron chi connectivity index (χ0n) is 14.8. The fraction of sp³-hybridized carbons (Fsp3) is 0.350. The molecule has 0 spiro atoms. The molecular weight excluding hydrogens is 348 g/mol. The van der Waals surface area contributed by atoms with Crippen molar-refractivity contribution in [3.63, 3.8) is 0 Å². The predicted molar refractivity (Wildman–Crippen MR) is 103 cm³/mol. The van der Waals surface area contributed by atoms with E-state index in [-0.39, 0.29) is 23.7 Å². The second-order valence-electron chi connectivity index (χ2n) is 6.49. The number of piperidine rings is 1. The molecule has 0 N–H and O–H groups in total. The molecule has 3 rings (SSSR count). The summed E-state index contributed by atoms with van der Waals surface area (Å²) in [5.41, 5.74) is 1.01. The third-order valence-electron chi connectivity index (χ3n) is 4.63. The number of likely N-dealkylation sites (tertiary alicyclic amines) is 1. The van der Waals surface area contributed by atoms with Crippen LogP contribution >= 0.6 is 11.8 Å². The van der Waals surface area contributed by atoms with Gasteiger partial charge in [0.05, 0.1) is 4.91 Å². The van der Waals surface area contributed by atoms with Crippen molar-refractivity contribution >= 4 is 34.9 Å². The number of imide groups is 1. The molecule has 2 aliphatic heterocycles. The summed E-state index contributed by atoms with van der Waals surface area (Å²) >= 11 is 0.883. The van der Waals surface area contributed by atoms with Crippen molar-refractivity contribution in [3.8, 4) is 0 Å². The van der Waals surface area contributed by atoms with E-state index < -0.39 is 5.91 Å². The van der Waals surface area contributed by atoms with Crippen molar-refractivity contribution in [3.05, 3.63) is 53.0 Å².